The number of rotatable bonds is 3. The summed E-state index contributed by atoms with van der Waals surface area (Å²) < 4.78 is 8.20. The first kappa shape index (κ1) is 16.2. The molecule has 0 radical (unpaired) electrons. The van der Waals surface area contributed by atoms with Crippen molar-refractivity contribution < 1.29 is 9.53 Å². The lowest BCUT2D eigenvalue weighted by molar-refractivity contribution is 0.0964. The van der Waals surface area contributed by atoms with E-state index in [0.29, 0.717) is 6.42 Å². The highest BCUT2D eigenvalue weighted by molar-refractivity contribution is 7.20. The second kappa shape index (κ2) is 6.32. The maximum absolute atomic E-state index is 12.7. The Kier molecular flexibility index (Phi) is 3.79. The largest absolute Gasteiger partial charge is 0.497 e. The topological polar surface area (TPSA) is 57.0 Å². The predicted molar refractivity (Wildman–Crippen MR) is 105 cm³/mol. The van der Waals surface area contributed by atoms with Gasteiger partial charge in [-0.2, -0.15) is 5.10 Å². The van der Waals surface area contributed by atoms with Crippen LogP contribution in [0.1, 0.15) is 34.0 Å². The molecule has 0 fully saturated rings. The normalized spacial score (nSPS) is 16.5. The van der Waals surface area contributed by atoms with Gasteiger partial charge in [-0.15, -0.1) is 0 Å². The van der Waals surface area contributed by atoms with Gasteiger partial charge in [-0.1, -0.05) is 35.6 Å². The van der Waals surface area contributed by atoms with Gasteiger partial charge in [-0.3, -0.25) is 4.79 Å². The molecule has 2 heterocycles. The number of hydrogen-bond donors (Lipinski definition) is 0. The highest BCUT2D eigenvalue weighted by Gasteiger charge is 2.30. The summed E-state index contributed by atoms with van der Waals surface area (Å²) in [7, 11) is 1.65. The molecule has 1 aliphatic rings. The minimum atomic E-state index is 0.140. The molecule has 0 aliphatic heterocycles. The fraction of sp³-hybridized carbons (Fsp3) is 0.190. The molecule has 0 saturated heterocycles. The van der Waals surface area contributed by atoms with Gasteiger partial charge in [-0.05, 0) is 42.2 Å². The lowest BCUT2D eigenvalue weighted by Crippen LogP contribution is -2.20. The van der Waals surface area contributed by atoms with Crippen LogP contribution in [0.5, 0.6) is 5.75 Å². The molecule has 4 aromatic rings. The van der Waals surface area contributed by atoms with Crippen LogP contribution in [-0.4, -0.2) is 27.7 Å². The Labute approximate surface area is 160 Å². The molecule has 5 nitrogen and oxygen atoms in total. The molecule has 0 amide bonds. The summed E-state index contributed by atoms with van der Waals surface area (Å²) in [5, 5.41) is 5.30. The maximum Gasteiger partial charge on any atom is 0.211 e. The summed E-state index contributed by atoms with van der Waals surface area (Å²) in [4.78, 5) is 17.4. The lowest BCUT2D eigenvalue weighted by Gasteiger charge is -2.22. The monoisotopic (exact) mass is 375 g/mol. The zero-order valence-electron chi connectivity index (χ0n) is 14.8. The Morgan fingerprint density at radius 2 is 1.93 bits per heavy atom. The molecule has 2 aromatic heterocycles. The molecular weight excluding hydrogens is 358 g/mol. The number of methoxy groups -OCH3 is 1. The summed E-state index contributed by atoms with van der Waals surface area (Å²) in [5.41, 5.74) is 3.77. The highest BCUT2D eigenvalue weighted by atomic mass is 32.1. The summed E-state index contributed by atoms with van der Waals surface area (Å²) in [6.45, 7) is 0. The van der Waals surface area contributed by atoms with Gasteiger partial charge < -0.3 is 4.74 Å². The van der Waals surface area contributed by atoms with Gasteiger partial charge >= 0.3 is 0 Å². The molecule has 6 heteroatoms. The number of benzene rings is 2. The van der Waals surface area contributed by atoms with Crippen molar-refractivity contribution in [1.82, 2.24) is 14.8 Å². The second-order valence-corrected chi connectivity index (χ2v) is 7.69. The third-order valence-corrected chi connectivity index (χ3v) is 6.10. The molecule has 1 aliphatic carbocycles. The van der Waals surface area contributed by atoms with E-state index in [1.54, 1.807) is 24.6 Å². The number of ether oxygens (including phenoxy) is 1. The number of ketones is 1. The van der Waals surface area contributed by atoms with Crippen LogP contribution in [0.4, 0.5) is 0 Å². The zero-order chi connectivity index (χ0) is 18.4. The Hall–Kier alpha value is -2.99. The number of carbonyl (C=O) groups is 1. The Balaban J connectivity index is 1.54. The number of thiazole rings is 1. The molecule has 0 N–H and O–H groups in total. The van der Waals surface area contributed by atoms with Crippen molar-refractivity contribution in [2.75, 3.05) is 7.11 Å². The van der Waals surface area contributed by atoms with Crippen molar-refractivity contribution in [3.05, 3.63) is 71.5 Å². The molecule has 0 bridgehead atoms. The number of carbonyl (C=O) groups excluding carboxylic acids is 1. The van der Waals surface area contributed by atoms with E-state index in [9.17, 15) is 4.79 Å². The Morgan fingerprint density at radius 3 is 2.70 bits per heavy atom. The predicted octanol–water partition coefficient (Wildman–Crippen LogP) is 4.40. The van der Waals surface area contributed by atoms with Gasteiger partial charge in [0.25, 0.3) is 0 Å². The highest BCUT2D eigenvalue weighted by Crippen LogP contribution is 2.35. The zero-order valence-corrected chi connectivity index (χ0v) is 15.6. The van der Waals surface area contributed by atoms with Crippen LogP contribution in [0.3, 0.4) is 0 Å². The van der Waals surface area contributed by atoms with E-state index in [0.717, 1.165) is 44.3 Å². The Morgan fingerprint density at radius 1 is 1.11 bits per heavy atom. The molecule has 2 aromatic carbocycles. The van der Waals surface area contributed by atoms with Gasteiger partial charge in [0, 0.05) is 6.42 Å². The quantitative estimate of drug-likeness (QED) is 0.532. The van der Waals surface area contributed by atoms with Gasteiger partial charge in [0.1, 0.15) is 5.75 Å². The standard InChI is InChI=1S/C21H17N3O2S/c1-26-15-8-6-13(7-9-15)14-10-18-16(19(25)11-14)12-22-24(18)21-23-17-4-2-3-5-20(17)27-21/h2-9,12,14H,10-11H2,1H3/t14-/m0/s1. The van der Waals surface area contributed by atoms with Crippen LogP contribution >= 0.6 is 11.3 Å². The van der Waals surface area contributed by atoms with Crippen LogP contribution in [0.2, 0.25) is 0 Å². The minimum Gasteiger partial charge on any atom is -0.497 e. The number of Topliss-reactive ketones (excluding diaryl/α,β-unsaturated/α-hetero) is 1. The van der Waals surface area contributed by atoms with Crippen molar-refractivity contribution in [1.29, 1.82) is 0 Å². The number of fused-ring (bicyclic) bond motifs is 2. The van der Waals surface area contributed by atoms with Crippen molar-refractivity contribution >= 4 is 27.3 Å². The van der Waals surface area contributed by atoms with Crippen molar-refractivity contribution in [2.24, 2.45) is 0 Å². The number of hydrogen-bond acceptors (Lipinski definition) is 5. The SMILES string of the molecule is COc1ccc([C@@H]2CC(=O)c3cnn(-c4nc5ccccc5s4)c3C2)cc1. The van der Waals surface area contributed by atoms with E-state index in [2.05, 4.69) is 11.2 Å². The molecule has 0 unspecified atom stereocenters. The molecular formula is C21H17N3O2S. The van der Waals surface area contributed by atoms with Gasteiger partial charge in [-0.25, -0.2) is 9.67 Å². The Bertz CT molecular complexity index is 1110. The first-order valence-electron chi connectivity index (χ1n) is 8.83. The van der Waals surface area contributed by atoms with E-state index in [-0.39, 0.29) is 11.7 Å². The molecule has 5 rings (SSSR count). The van der Waals surface area contributed by atoms with Crippen LogP contribution in [0.15, 0.2) is 54.7 Å². The first-order chi connectivity index (χ1) is 13.2. The second-order valence-electron chi connectivity index (χ2n) is 6.68. The van der Waals surface area contributed by atoms with E-state index in [1.807, 2.05) is 47.1 Å². The van der Waals surface area contributed by atoms with Crippen LogP contribution < -0.4 is 4.74 Å². The molecule has 134 valence electrons. The number of aromatic nitrogens is 3. The average molecular weight is 375 g/mol. The third-order valence-electron chi connectivity index (χ3n) is 5.09. The van der Waals surface area contributed by atoms with Gasteiger partial charge in [0.2, 0.25) is 5.13 Å². The summed E-state index contributed by atoms with van der Waals surface area (Å²) >= 11 is 1.59. The fourth-order valence-corrected chi connectivity index (χ4v) is 4.62. The molecule has 27 heavy (non-hydrogen) atoms. The van der Waals surface area contributed by atoms with Crippen molar-refractivity contribution in [3.8, 4) is 10.9 Å². The van der Waals surface area contributed by atoms with Crippen LogP contribution in [0.25, 0.3) is 15.3 Å². The van der Waals surface area contributed by atoms with E-state index in [1.165, 1.54) is 0 Å². The molecule has 1 atom stereocenters. The van der Waals surface area contributed by atoms with Crippen LogP contribution in [-0.2, 0) is 6.42 Å². The smallest absolute Gasteiger partial charge is 0.211 e. The number of nitrogens with zero attached hydrogens (tertiary/aromatic N) is 3. The number of para-hydroxylation sites is 1. The average Bonchev–Trinajstić information content (AvgIpc) is 3.32. The lowest BCUT2D eigenvalue weighted by atomic mass is 9.82. The van der Waals surface area contributed by atoms with E-state index < -0.39 is 0 Å². The van der Waals surface area contributed by atoms with E-state index in [4.69, 9.17) is 9.72 Å². The first-order valence-corrected chi connectivity index (χ1v) is 9.64. The third kappa shape index (κ3) is 2.73. The fourth-order valence-electron chi connectivity index (χ4n) is 3.67. The molecule has 0 saturated carbocycles. The van der Waals surface area contributed by atoms with Crippen molar-refractivity contribution in [3.63, 3.8) is 0 Å². The van der Waals surface area contributed by atoms with Gasteiger partial charge in [0.15, 0.2) is 5.78 Å². The summed E-state index contributed by atoms with van der Waals surface area (Å²) in [5.74, 6) is 1.10. The summed E-state index contributed by atoms with van der Waals surface area (Å²) in [6, 6.07) is 16.0. The van der Waals surface area contributed by atoms with Crippen LogP contribution in [0, 0.1) is 0 Å². The summed E-state index contributed by atoms with van der Waals surface area (Å²) in [6.07, 6.45) is 2.96. The van der Waals surface area contributed by atoms with E-state index >= 15 is 0 Å². The molecule has 0 spiro atoms. The maximum atomic E-state index is 12.7. The van der Waals surface area contributed by atoms with Gasteiger partial charge in [0.05, 0.1) is 34.8 Å². The van der Waals surface area contributed by atoms with Crippen molar-refractivity contribution in [2.45, 2.75) is 18.8 Å². The minimum absolute atomic E-state index is 0.140.